The van der Waals surface area contributed by atoms with E-state index in [0.29, 0.717) is 17.9 Å². The predicted molar refractivity (Wildman–Crippen MR) is 78.7 cm³/mol. The van der Waals surface area contributed by atoms with Gasteiger partial charge in [-0.25, -0.2) is 4.68 Å². The minimum absolute atomic E-state index is 0.0124. The molecule has 0 fully saturated rings. The van der Waals surface area contributed by atoms with Crippen LogP contribution < -0.4 is 5.32 Å². The third-order valence-corrected chi connectivity index (χ3v) is 2.78. The summed E-state index contributed by atoms with van der Waals surface area (Å²) in [6, 6.07) is 7.76. The largest absolute Gasteiger partial charge is 0.307 e. The number of benzene rings is 1. The third-order valence-electron chi connectivity index (χ3n) is 2.78. The van der Waals surface area contributed by atoms with Crippen molar-refractivity contribution in [1.82, 2.24) is 9.78 Å². The quantitative estimate of drug-likeness (QED) is 0.519. The zero-order valence-electron chi connectivity index (χ0n) is 11.4. The third kappa shape index (κ3) is 3.75. The summed E-state index contributed by atoms with van der Waals surface area (Å²) in [5.74, 6) is 0.280. The van der Waals surface area contributed by atoms with Crippen LogP contribution in [0.25, 0.3) is 6.08 Å². The number of anilines is 1. The number of nitrogens with one attached hydrogen (secondary N) is 1. The van der Waals surface area contributed by atoms with Crippen LogP contribution in [0.15, 0.2) is 42.6 Å². The van der Waals surface area contributed by atoms with E-state index in [1.807, 2.05) is 6.92 Å². The molecule has 2 aromatic rings. The molecule has 0 aliphatic heterocycles. The number of non-ortho nitro benzene ring substituents is 1. The van der Waals surface area contributed by atoms with Gasteiger partial charge in [-0.3, -0.25) is 14.9 Å². The van der Waals surface area contributed by atoms with Crippen LogP contribution in [0.3, 0.4) is 0 Å². The van der Waals surface area contributed by atoms with Crippen LogP contribution in [-0.2, 0) is 11.3 Å². The Hall–Kier alpha value is -2.96. The van der Waals surface area contributed by atoms with Gasteiger partial charge in [0.25, 0.3) is 5.69 Å². The Bertz CT molecular complexity index is 691. The van der Waals surface area contributed by atoms with E-state index >= 15 is 0 Å². The highest BCUT2D eigenvalue weighted by Gasteiger charge is 2.05. The Morgan fingerprint density at radius 2 is 2.29 bits per heavy atom. The molecule has 0 radical (unpaired) electrons. The molecule has 0 atom stereocenters. The molecule has 108 valence electrons. The highest BCUT2D eigenvalue weighted by Crippen LogP contribution is 2.14. The highest BCUT2D eigenvalue weighted by atomic mass is 16.6. The van der Waals surface area contributed by atoms with Crippen molar-refractivity contribution < 1.29 is 9.72 Å². The summed E-state index contributed by atoms with van der Waals surface area (Å²) < 4.78 is 1.65. The summed E-state index contributed by atoms with van der Waals surface area (Å²) in [4.78, 5) is 22.0. The monoisotopic (exact) mass is 286 g/mol. The van der Waals surface area contributed by atoms with Gasteiger partial charge in [0.05, 0.1) is 11.1 Å². The first-order valence-electron chi connectivity index (χ1n) is 6.35. The Balaban J connectivity index is 2.05. The van der Waals surface area contributed by atoms with Gasteiger partial charge in [0.1, 0.15) is 5.82 Å². The zero-order chi connectivity index (χ0) is 15.2. The first-order chi connectivity index (χ1) is 10.1. The second kappa shape index (κ2) is 6.47. The van der Waals surface area contributed by atoms with Gasteiger partial charge in [0.15, 0.2) is 0 Å². The zero-order valence-corrected chi connectivity index (χ0v) is 11.4. The Morgan fingerprint density at radius 3 is 3.00 bits per heavy atom. The van der Waals surface area contributed by atoms with E-state index in [-0.39, 0.29) is 11.6 Å². The number of amides is 1. The maximum absolute atomic E-state index is 11.8. The van der Waals surface area contributed by atoms with E-state index in [2.05, 4.69) is 10.4 Å². The number of hydrogen-bond donors (Lipinski definition) is 1. The summed E-state index contributed by atoms with van der Waals surface area (Å²) >= 11 is 0. The fourth-order valence-electron chi connectivity index (χ4n) is 1.77. The van der Waals surface area contributed by atoms with Crippen LogP contribution in [-0.4, -0.2) is 20.6 Å². The second-order valence-corrected chi connectivity index (χ2v) is 4.21. The molecule has 21 heavy (non-hydrogen) atoms. The number of aryl methyl sites for hydroxylation is 1. The summed E-state index contributed by atoms with van der Waals surface area (Å²) in [6.07, 6.45) is 4.45. The van der Waals surface area contributed by atoms with Crippen LogP contribution in [0.4, 0.5) is 11.5 Å². The molecule has 0 aliphatic rings. The van der Waals surface area contributed by atoms with E-state index in [9.17, 15) is 14.9 Å². The van der Waals surface area contributed by atoms with Crippen LogP contribution in [0, 0.1) is 10.1 Å². The minimum Gasteiger partial charge on any atom is -0.307 e. The molecule has 2 rings (SSSR count). The molecule has 1 aromatic heterocycles. The number of carbonyl (C=O) groups excluding carboxylic acids is 1. The molecule has 0 spiro atoms. The van der Waals surface area contributed by atoms with Crippen molar-refractivity contribution in [2.45, 2.75) is 13.5 Å². The molecular weight excluding hydrogens is 272 g/mol. The maximum Gasteiger partial charge on any atom is 0.270 e. The molecule has 0 saturated carbocycles. The standard InChI is InChI=1S/C14H14N4O3/c1-2-17-13(8-9-15-17)16-14(19)7-6-11-4-3-5-12(10-11)18(20)21/h3-10H,2H2,1H3,(H,16,19)/b7-6+. The number of aromatic nitrogens is 2. The van der Waals surface area contributed by atoms with Crippen molar-refractivity contribution in [1.29, 1.82) is 0 Å². The van der Waals surface area contributed by atoms with Gasteiger partial charge >= 0.3 is 0 Å². The van der Waals surface area contributed by atoms with E-state index in [0.717, 1.165) is 0 Å². The molecule has 1 aromatic carbocycles. The Kier molecular flexibility index (Phi) is 4.45. The van der Waals surface area contributed by atoms with E-state index in [1.165, 1.54) is 24.3 Å². The molecule has 0 saturated heterocycles. The van der Waals surface area contributed by atoms with E-state index in [1.54, 1.807) is 29.1 Å². The van der Waals surface area contributed by atoms with E-state index < -0.39 is 4.92 Å². The smallest absolute Gasteiger partial charge is 0.270 e. The van der Waals surface area contributed by atoms with E-state index in [4.69, 9.17) is 0 Å². The lowest BCUT2D eigenvalue weighted by atomic mass is 10.2. The number of nitro benzene ring substituents is 1. The van der Waals surface area contributed by atoms with Crippen LogP contribution in [0.2, 0.25) is 0 Å². The topological polar surface area (TPSA) is 90.1 Å². The number of rotatable bonds is 5. The van der Waals surface area contributed by atoms with Crippen molar-refractivity contribution >= 4 is 23.5 Å². The number of nitro groups is 1. The molecule has 0 aliphatic carbocycles. The lowest BCUT2D eigenvalue weighted by Crippen LogP contribution is -2.12. The minimum atomic E-state index is -0.475. The molecule has 1 N–H and O–H groups in total. The average molecular weight is 286 g/mol. The van der Waals surface area contributed by atoms with Crippen molar-refractivity contribution in [2.75, 3.05) is 5.32 Å². The van der Waals surface area contributed by atoms with Crippen LogP contribution >= 0.6 is 0 Å². The van der Waals surface area contributed by atoms with Crippen LogP contribution in [0.1, 0.15) is 12.5 Å². The second-order valence-electron chi connectivity index (χ2n) is 4.21. The number of carbonyl (C=O) groups is 1. The molecule has 7 heteroatoms. The van der Waals surface area contributed by atoms with Crippen LogP contribution in [0.5, 0.6) is 0 Å². The summed E-state index contributed by atoms with van der Waals surface area (Å²) in [6.45, 7) is 2.57. The lowest BCUT2D eigenvalue weighted by Gasteiger charge is -2.04. The van der Waals surface area contributed by atoms with Gasteiger partial charge in [0, 0.05) is 30.8 Å². The van der Waals surface area contributed by atoms with Gasteiger partial charge in [-0.1, -0.05) is 12.1 Å². The van der Waals surface area contributed by atoms with Gasteiger partial charge in [-0.05, 0) is 18.6 Å². The fraction of sp³-hybridized carbons (Fsp3) is 0.143. The summed E-state index contributed by atoms with van der Waals surface area (Å²) in [5, 5.41) is 17.4. The van der Waals surface area contributed by atoms with Crippen molar-refractivity contribution in [3.63, 3.8) is 0 Å². The highest BCUT2D eigenvalue weighted by molar-refractivity contribution is 6.01. The molecule has 0 unspecified atom stereocenters. The van der Waals surface area contributed by atoms with Crippen molar-refractivity contribution in [3.8, 4) is 0 Å². The molecule has 1 heterocycles. The van der Waals surface area contributed by atoms with Gasteiger partial charge in [-0.2, -0.15) is 5.10 Å². The summed E-state index contributed by atoms with van der Waals surface area (Å²) in [5.41, 5.74) is 0.574. The number of hydrogen-bond acceptors (Lipinski definition) is 4. The predicted octanol–water partition coefficient (Wildman–Crippen LogP) is 2.46. The first-order valence-corrected chi connectivity index (χ1v) is 6.35. The van der Waals surface area contributed by atoms with Gasteiger partial charge in [0.2, 0.25) is 5.91 Å². The van der Waals surface area contributed by atoms with Gasteiger partial charge in [-0.15, -0.1) is 0 Å². The molecule has 1 amide bonds. The van der Waals surface area contributed by atoms with Crippen molar-refractivity contribution in [2.24, 2.45) is 0 Å². The normalized spacial score (nSPS) is 10.7. The SMILES string of the molecule is CCn1nccc1NC(=O)/C=C/c1cccc([N+](=O)[O-])c1. The lowest BCUT2D eigenvalue weighted by molar-refractivity contribution is -0.384. The molecule has 7 nitrogen and oxygen atoms in total. The molecular formula is C14H14N4O3. The maximum atomic E-state index is 11.8. The Morgan fingerprint density at radius 1 is 1.48 bits per heavy atom. The van der Waals surface area contributed by atoms with Gasteiger partial charge < -0.3 is 5.32 Å². The van der Waals surface area contributed by atoms with Crippen molar-refractivity contribution in [3.05, 3.63) is 58.3 Å². The Labute approximate surface area is 121 Å². The average Bonchev–Trinajstić information content (AvgIpc) is 2.92. The fourth-order valence-corrected chi connectivity index (χ4v) is 1.77. The first kappa shape index (κ1) is 14.4. The summed E-state index contributed by atoms with van der Waals surface area (Å²) in [7, 11) is 0. The number of nitrogens with zero attached hydrogens (tertiary/aromatic N) is 3. The molecule has 0 bridgehead atoms.